The van der Waals surface area contributed by atoms with E-state index in [1.165, 1.54) is 21.7 Å². The summed E-state index contributed by atoms with van der Waals surface area (Å²) in [6, 6.07) is 6.52. The number of hydrogen-bond donors (Lipinski definition) is 2. The highest BCUT2D eigenvalue weighted by atomic mass is 16.4. The van der Waals surface area contributed by atoms with Crippen LogP contribution in [0.25, 0.3) is 0 Å². The summed E-state index contributed by atoms with van der Waals surface area (Å²) in [5.41, 5.74) is 4.03. The van der Waals surface area contributed by atoms with Gasteiger partial charge in [0.15, 0.2) is 0 Å². The third-order valence-electron chi connectivity index (χ3n) is 4.35. The van der Waals surface area contributed by atoms with Gasteiger partial charge in [0, 0.05) is 30.7 Å². The molecule has 2 N–H and O–H groups in total. The van der Waals surface area contributed by atoms with Gasteiger partial charge in [0.05, 0.1) is 0 Å². The zero-order chi connectivity index (χ0) is 12.8. The number of amides is 1. The van der Waals surface area contributed by atoms with Crippen LogP contribution in [0.3, 0.4) is 0 Å². The molecule has 4 nitrogen and oxygen atoms in total. The van der Waals surface area contributed by atoms with Crippen molar-refractivity contribution in [2.75, 3.05) is 25.0 Å². The fraction of sp³-hybridized carbons (Fsp3) is 0.500. The number of rotatable bonds is 0. The number of fused-ring (bicyclic) bond motifs is 2. The van der Waals surface area contributed by atoms with E-state index in [9.17, 15) is 4.79 Å². The van der Waals surface area contributed by atoms with Crippen LogP contribution in [0.1, 0.15) is 24.0 Å². The summed E-state index contributed by atoms with van der Waals surface area (Å²) in [5.74, 6) is 0. The van der Waals surface area contributed by atoms with Gasteiger partial charge in [0.2, 0.25) is 0 Å². The van der Waals surface area contributed by atoms with Crippen LogP contribution in [0.15, 0.2) is 18.2 Å². The van der Waals surface area contributed by atoms with Crippen LogP contribution in [0, 0.1) is 6.92 Å². The van der Waals surface area contributed by atoms with Gasteiger partial charge in [0.1, 0.15) is 0 Å². The lowest BCUT2D eigenvalue weighted by molar-refractivity contribution is 0.119. The summed E-state index contributed by atoms with van der Waals surface area (Å²) >= 11 is 0. The van der Waals surface area contributed by atoms with Crippen LogP contribution < -0.4 is 5.32 Å². The Labute approximate surface area is 107 Å². The topological polar surface area (TPSA) is 52.6 Å². The van der Waals surface area contributed by atoms with E-state index in [4.69, 9.17) is 5.11 Å². The van der Waals surface area contributed by atoms with Gasteiger partial charge in [-0.2, -0.15) is 0 Å². The summed E-state index contributed by atoms with van der Waals surface area (Å²) in [6.07, 6.45) is 1.05. The van der Waals surface area contributed by atoms with Crippen molar-refractivity contribution in [1.29, 1.82) is 0 Å². The zero-order valence-electron chi connectivity index (χ0n) is 10.6. The van der Waals surface area contributed by atoms with E-state index in [0.29, 0.717) is 13.1 Å². The number of benzene rings is 1. The van der Waals surface area contributed by atoms with Gasteiger partial charge in [0.25, 0.3) is 0 Å². The number of nitrogens with zero attached hydrogens (tertiary/aromatic N) is 1. The quantitative estimate of drug-likeness (QED) is 0.739. The number of carbonyl (C=O) groups is 1. The molecule has 0 bridgehead atoms. The number of anilines is 1. The van der Waals surface area contributed by atoms with Gasteiger partial charge >= 0.3 is 6.09 Å². The van der Waals surface area contributed by atoms with Crippen molar-refractivity contribution in [1.82, 2.24) is 4.90 Å². The maximum atomic E-state index is 11.0. The SMILES string of the molecule is Cc1ccc2c(c1)C1(CCN(C(=O)O)CC1)CN2. The van der Waals surface area contributed by atoms with Crippen LogP contribution in [-0.2, 0) is 5.41 Å². The highest BCUT2D eigenvalue weighted by Gasteiger charge is 2.42. The minimum atomic E-state index is -0.791. The molecule has 1 amide bonds. The van der Waals surface area contributed by atoms with Gasteiger partial charge in [-0.25, -0.2) is 4.79 Å². The highest BCUT2D eigenvalue weighted by Crippen LogP contribution is 2.44. The third-order valence-corrected chi connectivity index (χ3v) is 4.35. The van der Waals surface area contributed by atoms with Crippen molar-refractivity contribution in [3.8, 4) is 0 Å². The summed E-state index contributed by atoms with van der Waals surface area (Å²) in [5, 5.41) is 12.5. The van der Waals surface area contributed by atoms with Gasteiger partial charge in [-0.05, 0) is 31.4 Å². The molecule has 0 aromatic heterocycles. The Bertz CT molecular complexity index is 491. The Morgan fingerprint density at radius 3 is 2.78 bits per heavy atom. The molecule has 0 saturated carbocycles. The predicted octanol–water partition coefficient (Wildman–Crippen LogP) is 2.43. The summed E-state index contributed by atoms with van der Waals surface area (Å²) in [4.78, 5) is 12.5. The van der Waals surface area contributed by atoms with Crippen molar-refractivity contribution in [2.24, 2.45) is 0 Å². The Balaban J connectivity index is 1.88. The lowest BCUT2D eigenvalue weighted by atomic mass is 9.74. The Morgan fingerprint density at radius 2 is 2.11 bits per heavy atom. The molecule has 0 atom stereocenters. The van der Waals surface area contributed by atoms with Crippen LogP contribution in [0.5, 0.6) is 0 Å². The van der Waals surface area contributed by atoms with Crippen molar-refractivity contribution in [3.05, 3.63) is 29.3 Å². The summed E-state index contributed by atoms with van der Waals surface area (Å²) in [7, 11) is 0. The molecule has 3 rings (SSSR count). The van der Waals surface area contributed by atoms with E-state index in [2.05, 4.69) is 30.4 Å². The number of carboxylic acid groups (broad SMARTS) is 1. The predicted molar refractivity (Wildman–Crippen MR) is 70.2 cm³/mol. The second kappa shape index (κ2) is 3.90. The molecular weight excluding hydrogens is 228 g/mol. The molecule has 18 heavy (non-hydrogen) atoms. The van der Waals surface area contributed by atoms with E-state index in [1.54, 1.807) is 0 Å². The van der Waals surface area contributed by atoms with Gasteiger partial charge in [-0.3, -0.25) is 0 Å². The van der Waals surface area contributed by atoms with Gasteiger partial charge < -0.3 is 15.3 Å². The minimum absolute atomic E-state index is 0.146. The molecule has 1 spiro atoms. The van der Waals surface area contributed by atoms with Crippen molar-refractivity contribution >= 4 is 11.8 Å². The second-order valence-electron chi connectivity index (χ2n) is 5.45. The first-order chi connectivity index (χ1) is 8.61. The average Bonchev–Trinajstić information content (AvgIpc) is 2.69. The molecule has 0 aliphatic carbocycles. The third kappa shape index (κ3) is 1.64. The lowest BCUT2D eigenvalue weighted by Gasteiger charge is -2.38. The van der Waals surface area contributed by atoms with E-state index in [1.807, 2.05) is 0 Å². The normalized spacial score (nSPS) is 20.6. The molecule has 1 saturated heterocycles. The smallest absolute Gasteiger partial charge is 0.407 e. The summed E-state index contributed by atoms with van der Waals surface area (Å²) < 4.78 is 0. The fourth-order valence-corrected chi connectivity index (χ4v) is 3.18. The van der Waals surface area contributed by atoms with E-state index < -0.39 is 6.09 Å². The number of likely N-dealkylation sites (tertiary alicyclic amines) is 1. The van der Waals surface area contributed by atoms with E-state index in [0.717, 1.165) is 19.4 Å². The molecule has 0 unspecified atom stereocenters. The van der Waals surface area contributed by atoms with Crippen LogP contribution in [-0.4, -0.2) is 35.7 Å². The zero-order valence-corrected chi connectivity index (χ0v) is 10.6. The Morgan fingerprint density at radius 1 is 1.39 bits per heavy atom. The molecule has 0 radical (unpaired) electrons. The number of nitrogens with one attached hydrogen (secondary N) is 1. The van der Waals surface area contributed by atoms with Gasteiger partial charge in [-0.1, -0.05) is 17.7 Å². The van der Waals surface area contributed by atoms with E-state index >= 15 is 0 Å². The first-order valence-corrected chi connectivity index (χ1v) is 6.44. The van der Waals surface area contributed by atoms with E-state index in [-0.39, 0.29) is 5.41 Å². The standard InChI is InChI=1S/C14H18N2O2/c1-10-2-3-12-11(8-10)14(9-15-12)4-6-16(7-5-14)13(17)18/h2-3,8,15H,4-7,9H2,1H3,(H,17,18). The van der Waals surface area contributed by atoms with Crippen LogP contribution >= 0.6 is 0 Å². The number of piperidine rings is 1. The molecule has 2 heterocycles. The Kier molecular flexibility index (Phi) is 2.47. The molecule has 1 aromatic carbocycles. The number of hydrogen-bond acceptors (Lipinski definition) is 2. The molecular formula is C14H18N2O2. The molecule has 2 aliphatic rings. The second-order valence-corrected chi connectivity index (χ2v) is 5.45. The highest BCUT2D eigenvalue weighted by molar-refractivity contribution is 5.66. The molecule has 96 valence electrons. The molecule has 1 fully saturated rings. The first-order valence-electron chi connectivity index (χ1n) is 6.44. The van der Waals surface area contributed by atoms with Crippen molar-refractivity contribution < 1.29 is 9.90 Å². The largest absolute Gasteiger partial charge is 0.465 e. The first kappa shape index (κ1) is 11.4. The lowest BCUT2D eigenvalue weighted by Crippen LogP contribution is -2.45. The van der Waals surface area contributed by atoms with Gasteiger partial charge in [-0.15, -0.1) is 0 Å². The monoisotopic (exact) mass is 246 g/mol. The Hall–Kier alpha value is -1.71. The summed E-state index contributed by atoms with van der Waals surface area (Å²) in [6.45, 7) is 4.34. The van der Waals surface area contributed by atoms with Crippen molar-refractivity contribution in [3.63, 3.8) is 0 Å². The molecule has 4 heteroatoms. The maximum Gasteiger partial charge on any atom is 0.407 e. The minimum Gasteiger partial charge on any atom is -0.465 e. The molecule has 1 aromatic rings. The van der Waals surface area contributed by atoms with Crippen LogP contribution in [0.2, 0.25) is 0 Å². The number of aryl methyl sites for hydroxylation is 1. The molecule has 2 aliphatic heterocycles. The maximum absolute atomic E-state index is 11.0. The average molecular weight is 246 g/mol. The fourth-order valence-electron chi connectivity index (χ4n) is 3.18. The van der Waals surface area contributed by atoms with Crippen molar-refractivity contribution in [2.45, 2.75) is 25.2 Å². The van der Waals surface area contributed by atoms with Crippen LogP contribution in [0.4, 0.5) is 10.5 Å².